The van der Waals surface area contributed by atoms with E-state index >= 15 is 0 Å². The number of hydrogen-bond acceptors (Lipinski definition) is 6. The van der Waals surface area contributed by atoms with E-state index in [0.717, 1.165) is 19.7 Å². The van der Waals surface area contributed by atoms with Gasteiger partial charge in [-0.2, -0.15) is 4.98 Å². The van der Waals surface area contributed by atoms with E-state index in [9.17, 15) is 4.79 Å². The van der Waals surface area contributed by atoms with Gasteiger partial charge in [-0.15, -0.1) is 0 Å². The van der Waals surface area contributed by atoms with Crippen molar-refractivity contribution in [3.8, 4) is 0 Å². The second-order valence-electron chi connectivity index (χ2n) is 4.49. The normalized spacial score (nSPS) is 9.65. The Morgan fingerprint density at radius 2 is 1.46 bits per heavy atom. The number of hydrogen-bond donors (Lipinski definition) is 1. The zero-order valence-electron chi connectivity index (χ0n) is 11.7. The average molecular weight is 503 g/mol. The van der Waals surface area contributed by atoms with Gasteiger partial charge in [0.05, 0.1) is 0 Å². The maximum Gasteiger partial charge on any atom is 0.346 e. The van der Waals surface area contributed by atoms with Gasteiger partial charge >= 0.3 is 5.69 Å². The quantitative estimate of drug-likeness (QED) is 0.347. The average Bonchev–Trinajstić information content (AvgIpc) is 2.56. The minimum atomic E-state index is -0.377. The molecule has 0 aliphatic heterocycles. The molecule has 4 aromatic rings. The van der Waals surface area contributed by atoms with Gasteiger partial charge in [0.15, 0.2) is 5.65 Å². The van der Waals surface area contributed by atoms with Crippen LogP contribution in [0.2, 0.25) is 5.28 Å². The lowest BCUT2D eigenvalue weighted by molar-refractivity contribution is 1.09. The highest BCUT2D eigenvalue weighted by Gasteiger charge is 1.98. The largest absolute Gasteiger partial charge is 0.346 e. The SMILES string of the molecule is C.C.Clc1ncc2cc(Br)cnc2n1.O=c1ncc2cc(Br)cnc2[nH]1. The zero-order valence-corrected chi connectivity index (χ0v) is 15.7. The number of fused-ring (bicyclic) bond motifs is 2. The Balaban J connectivity index is 0.000000241. The third kappa shape index (κ3) is 5.52. The Kier molecular flexibility index (Phi) is 8.19. The minimum Gasteiger partial charge on any atom is -0.290 e. The van der Waals surface area contributed by atoms with Crippen molar-refractivity contribution in [1.29, 1.82) is 0 Å². The molecule has 0 aliphatic carbocycles. The monoisotopic (exact) mass is 500 g/mol. The van der Waals surface area contributed by atoms with Gasteiger partial charge in [0.2, 0.25) is 5.28 Å². The van der Waals surface area contributed by atoms with Crippen LogP contribution in [-0.2, 0) is 0 Å². The number of rotatable bonds is 0. The van der Waals surface area contributed by atoms with Gasteiger partial charge in [-0.3, -0.25) is 4.98 Å². The van der Waals surface area contributed by atoms with Gasteiger partial charge < -0.3 is 0 Å². The van der Waals surface area contributed by atoms with E-state index in [2.05, 4.69) is 61.8 Å². The Labute approximate surface area is 171 Å². The van der Waals surface area contributed by atoms with Crippen LogP contribution in [0.25, 0.3) is 22.1 Å². The van der Waals surface area contributed by atoms with E-state index in [0.29, 0.717) is 11.3 Å². The van der Waals surface area contributed by atoms with Crippen LogP contribution < -0.4 is 5.69 Å². The predicted molar refractivity (Wildman–Crippen MR) is 111 cm³/mol. The summed E-state index contributed by atoms with van der Waals surface area (Å²) in [5.41, 5.74) is 0.786. The van der Waals surface area contributed by atoms with Gasteiger partial charge in [0.1, 0.15) is 5.65 Å². The summed E-state index contributed by atoms with van der Waals surface area (Å²) in [6, 6.07) is 3.73. The van der Waals surface area contributed by atoms with Crippen LogP contribution in [0.3, 0.4) is 0 Å². The lowest BCUT2D eigenvalue weighted by Crippen LogP contribution is -2.09. The lowest BCUT2D eigenvalue weighted by Gasteiger charge is -1.95. The van der Waals surface area contributed by atoms with E-state index in [1.807, 2.05) is 12.1 Å². The number of nitrogens with zero attached hydrogens (tertiary/aromatic N) is 5. The Bertz CT molecular complexity index is 1050. The third-order valence-electron chi connectivity index (χ3n) is 2.80. The summed E-state index contributed by atoms with van der Waals surface area (Å²) in [6.07, 6.45) is 6.43. The molecular weight excluding hydrogens is 487 g/mol. The van der Waals surface area contributed by atoms with Gasteiger partial charge in [0.25, 0.3) is 0 Å². The van der Waals surface area contributed by atoms with Crippen LogP contribution in [0.4, 0.5) is 0 Å². The smallest absolute Gasteiger partial charge is 0.290 e. The van der Waals surface area contributed by atoms with Gasteiger partial charge in [-0.05, 0) is 55.6 Å². The van der Waals surface area contributed by atoms with Crippen molar-refractivity contribution in [3.05, 3.63) is 61.6 Å². The number of aromatic nitrogens is 6. The summed E-state index contributed by atoms with van der Waals surface area (Å²) in [5, 5.41) is 1.90. The van der Waals surface area contributed by atoms with Crippen molar-refractivity contribution in [2.45, 2.75) is 14.9 Å². The van der Waals surface area contributed by atoms with Gasteiger partial charge in [-0.25, -0.2) is 24.7 Å². The van der Waals surface area contributed by atoms with Crippen molar-refractivity contribution in [2.75, 3.05) is 0 Å². The lowest BCUT2D eigenvalue weighted by atomic mass is 10.3. The van der Waals surface area contributed by atoms with Crippen molar-refractivity contribution in [1.82, 2.24) is 29.9 Å². The van der Waals surface area contributed by atoms with E-state index in [1.165, 1.54) is 6.20 Å². The molecule has 1 N–H and O–H groups in total. The van der Waals surface area contributed by atoms with Crippen molar-refractivity contribution < 1.29 is 0 Å². The van der Waals surface area contributed by atoms with E-state index in [-0.39, 0.29) is 25.8 Å². The summed E-state index contributed by atoms with van der Waals surface area (Å²) in [7, 11) is 0. The maximum absolute atomic E-state index is 10.7. The summed E-state index contributed by atoms with van der Waals surface area (Å²) in [6.45, 7) is 0. The molecule has 0 saturated carbocycles. The number of pyridine rings is 2. The molecule has 0 spiro atoms. The first-order chi connectivity index (χ1) is 11.5. The van der Waals surface area contributed by atoms with Gasteiger partial charge in [-0.1, -0.05) is 14.9 Å². The first-order valence-electron chi connectivity index (χ1n) is 6.45. The van der Waals surface area contributed by atoms with Crippen molar-refractivity contribution in [3.63, 3.8) is 0 Å². The molecule has 0 saturated heterocycles. The first kappa shape index (κ1) is 22.1. The fourth-order valence-corrected chi connectivity index (χ4v) is 2.62. The fourth-order valence-electron chi connectivity index (χ4n) is 1.79. The molecule has 26 heavy (non-hydrogen) atoms. The third-order valence-corrected chi connectivity index (χ3v) is 3.85. The molecule has 0 aliphatic rings. The molecule has 0 bridgehead atoms. The summed E-state index contributed by atoms with van der Waals surface area (Å²) in [4.78, 5) is 32.7. The second kappa shape index (κ2) is 9.65. The molecule has 136 valence electrons. The Hall–Kier alpha value is -1.97. The molecule has 0 radical (unpaired) electrons. The van der Waals surface area contributed by atoms with Crippen LogP contribution in [0, 0.1) is 0 Å². The highest BCUT2D eigenvalue weighted by Crippen LogP contribution is 2.15. The summed E-state index contributed by atoms with van der Waals surface area (Å²) < 4.78 is 1.77. The summed E-state index contributed by atoms with van der Waals surface area (Å²) >= 11 is 12.2. The Morgan fingerprint density at radius 3 is 2.19 bits per heavy atom. The standard InChI is InChI=1S/C7H3BrClN3.C7H4BrN3O.2CH4/c8-5-1-4-2-11-7(9)12-6(4)10-3-5;8-5-1-4-2-10-7(12)11-6(4)9-3-5;;/h1-3H;1-3H,(H,9,10,11,12);2*1H4. The summed E-state index contributed by atoms with van der Waals surface area (Å²) in [5.74, 6) is 0. The molecule has 0 unspecified atom stereocenters. The highest BCUT2D eigenvalue weighted by molar-refractivity contribution is 9.10. The molecule has 7 nitrogen and oxygen atoms in total. The molecule has 0 atom stereocenters. The second-order valence-corrected chi connectivity index (χ2v) is 6.65. The molecular formula is C16H15Br2ClN6O. The van der Waals surface area contributed by atoms with Crippen LogP contribution in [0.5, 0.6) is 0 Å². The topological polar surface area (TPSA) is 97.3 Å². The number of halogens is 3. The van der Waals surface area contributed by atoms with Crippen LogP contribution in [0.1, 0.15) is 14.9 Å². The molecule has 0 aromatic carbocycles. The van der Waals surface area contributed by atoms with Crippen LogP contribution in [-0.4, -0.2) is 29.9 Å². The zero-order chi connectivity index (χ0) is 17.1. The molecule has 4 rings (SSSR count). The number of H-pyrrole nitrogens is 1. The highest BCUT2D eigenvalue weighted by atomic mass is 79.9. The van der Waals surface area contributed by atoms with E-state index < -0.39 is 0 Å². The van der Waals surface area contributed by atoms with Gasteiger partial charge in [0, 0.05) is 44.5 Å². The molecule has 0 fully saturated rings. The molecule has 4 aromatic heterocycles. The van der Waals surface area contributed by atoms with Crippen molar-refractivity contribution >= 4 is 65.5 Å². The van der Waals surface area contributed by atoms with Crippen LogP contribution >= 0.6 is 43.5 Å². The van der Waals surface area contributed by atoms with E-state index in [1.54, 1.807) is 18.6 Å². The molecule has 4 heterocycles. The predicted octanol–water partition coefficient (Wildman–Crippen LogP) is 4.79. The first-order valence-corrected chi connectivity index (χ1v) is 8.42. The number of aromatic amines is 1. The molecule has 10 heteroatoms. The number of nitrogens with one attached hydrogen (secondary N) is 1. The fraction of sp³-hybridized carbons (Fsp3) is 0.125. The van der Waals surface area contributed by atoms with E-state index in [4.69, 9.17) is 11.6 Å². The minimum absolute atomic E-state index is 0. The van der Waals surface area contributed by atoms with Crippen LogP contribution in [0.15, 0.2) is 50.7 Å². The molecule has 0 amide bonds. The Morgan fingerprint density at radius 1 is 0.846 bits per heavy atom. The maximum atomic E-state index is 10.7. The van der Waals surface area contributed by atoms with Crippen molar-refractivity contribution in [2.24, 2.45) is 0 Å².